The van der Waals surface area contributed by atoms with Crippen molar-refractivity contribution < 1.29 is 14.3 Å². The van der Waals surface area contributed by atoms with Crippen LogP contribution in [-0.4, -0.2) is 58.9 Å². The smallest absolute Gasteiger partial charge is 0.251 e. The van der Waals surface area contributed by atoms with Crippen molar-refractivity contribution >= 4 is 5.91 Å². The summed E-state index contributed by atoms with van der Waals surface area (Å²) in [5.74, 6) is 1.19. The molecule has 0 unspecified atom stereocenters. The van der Waals surface area contributed by atoms with E-state index in [9.17, 15) is 4.79 Å². The van der Waals surface area contributed by atoms with Crippen molar-refractivity contribution in [2.75, 3.05) is 26.3 Å². The normalized spacial score (nSPS) is 25.8. The third-order valence-corrected chi connectivity index (χ3v) is 5.32. The summed E-state index contributed by atoms with van der Waals surface area (Å²) in [4.78, 5) is 19.2. The predicted octanol–water partition coefficient (Wildman–Crippen LogP) is 2.58. The van der Waals surface area contributed by atoms with Crippen LogP contribution in [0.3, 0.4) is 0 Å². The minimum Gasteiger partial charge on any atom is -0.376 e. The van der Waals surface area contributed by atoms with Gasteiger partial charge in [0.2, 0.25) is 0 Å². The first-order valence-corrected chi connectivity index (χ1v) is 9.72. The van der Waals surface area contributed by atoms with E-state index in [-0.39, 0.29) is 12.0 Å². The van der Waals surface area contributed by atoms with Gasteiger partial charge in [-0.2, -0.15) is 0 Å². The SMILES string of the molecule is CCc1nccn1[C@@H]1CCCN(C(=O)[C@@H](C)OC[C@@H]2CCCCO2)C1. The molecule has 3 heterocycles. The number of amides is 1. The lowest BCUT2D eigenvalue weighted by Gasteiger charge is -2.35. The van der Waals surface area contributed by atoms with Crippen molar-refractivity contribution in [3.05, 3.63) is 18.2 Å². The quantitative estimate of drug-likeness (QED) is 0.792. The van der Waals surface area contributed by atoms with Crippen LogP contribution in [0.25, 0.3) is 0 Å². The molecule has 0 spiro atoms. The van der Waals surface area contributed by atoms with E-state index in [1.807, 2.05) is 24.2 Å². The van der Waals surface area contributed by atoms with E-state index in [2.05, 4.69) is 16.5 Å². The van der Waals surface area contributed by atoms with Crippen LogP contribution < -0.4 is 0 Å². The Balaban J connectivity index is 1.52. The van der Waals surface area contributed by atoms with Crippen molar-refractivity contribution in [1.82, 2.24) is 14.5 Å². The summed E-state index contributed by atoms with van der Waals surface area (Å²) >= 11 is 0. The molecule has 3 rings (SSSR count). The summed E-state index contributed by atoms with van der Waals surface area (Å²) in [5.41, 5.74) is 0. The largest absolute Gasteiger partial charge is 0.376 e. The molecule has 6 heteroatoms. The fourth-order valence-electron chi connectivity index (χ4n) is 3.85. The lowest BCUT2D eigenvalue weighted by Crippen LogP contribution is -2.46. The van der Waals surface area contributed by atoms with Crippen molar-refractivity contribution in [3.8, 4) is 0 Å². The summed E-state index contributed by atoms with van der Waals surface area (Å²) < 4.78 is 13.8. The van der Waals surface area contributed by atoms with E-state index in [0.717, 1.165) is 57.6 Å². The molecule has 2 aliphatic heterocycles. The number of carbonyl (C=O) groups is 1. The zero-order chi connectivity index (χ0) is 17.6. The zero-order valence-corrected chi connectivity index (χ0v) is 15.5. The van der Waals surface area contributed by atoms with Crippen molar-refractivity contribution in [2.24, 2.45) is 0 Å². The summed E-state index contributed by atoms with van der Waals surface area (Å²) in [6.45, 7) is 6.88. The predicted molar refractivity (Wildman–Crippen MR) is 95.5 cm³/mol. The molecular formula is C19H31N3O3. The minimum absolute atomic E-state index is 0.0960. The van der Waals surface area contributed by atoms with Crippen LogP contribution in [0.2, 0.25) is 0 Å². The van der Waals surface area contributed by atoms with Gasteiger partial charge in [0.25, 0.3) is 5.91 Å². The van der Waals surface area contributed by atoms with Crippen LogP contribution in [0.4, 0.5) is 0 Å². The number of ether oxygens (including phenoxy) is 2. The van der Waals surface area contributed by atoms with Crippen LogP contribution in [0.5, 0.6) is 0 Å². The van der Waals surface area contributed by atoms with Gasteiger partial charge in [0.05, 0.1) is 18.8 Å². The van der Waals surface area contributed by atoms with Gasteiger partial charge in [0.15, 0.2) is 0 Å². The molecule has 0 aromatic carbocycles. The van der Waals surface area contributed by atoms with Gasteiger partial charge in [0.1, 0.15) is 11.9 Å². The maximum Gasteiger partial charge on any atom is 0.251 e. The van der Waals surface area contributed by atoms with Crippen LogP contribution in [0, 0.1) is 0 Å². The Hall–Kier alpha value is -1.40. The lowest BCUT2D eigenvalue weighted by molar-refractivity contribution is -0.147. The number of hydrogen-bond donors (Lipinski definition) is 0. The minimum atomic E-state index is -0.405. The Labute approximate surface area is 150 Å². The summed E-state index contributed by atoms with van der Waals surface area (Å²) in [5, 5.41) is 0. The first kappa shape index (κ1) is 18.4. The Morgan fingerprint density at radius 1 is 1.40 bits per heavy atom. The highest BCUT2D eigenvalue weighted by Gasteiger charge is 2.29. The molecule has 2 fully saturated rings. The number of likely N-dealkylation sites (tertiary alicyclic amines) is 1. The molecule has 0 aliphatic carbocycles. The van der Waals surface area contributed by atoms with Gasteiger partial charge in [0, 0.05) is 38.5 Å². The van der Waals surface area contributed by atoms with Gasteiger partial charge in [-0.05, 0) is 39.0 Å². The maximum absolute atomic E-state index is 12.8. The van der Waals surface area contributed by atoms with Gasteiger partial charge in [-0.3, -0.25) is 4.79 Å². The molecule has 2 saturated heterocycles. The van der Waals surface area contributed by atoms with Gasteiger partial charge < -0.3 is 18.9 Å². The van der Waals surface area contributed by atoms with Gasteiger partial charge in [-0.15, -0.1) is 0 Å². The molecule has 0 saturated carbocycles. The van der Waals surface area contributed by atoms with E-state index in [4.69, 9.17) is 9.47 Å². The number of imidazole rings is 1. The molecule has 1 aromatic rings. The highest BCUT2D eigenvalue weighted by Crippen LogP contribution is 2.24. The molecule has 1 amide bonds. The number of rotatable bonds is 6. The molecule has 2 aliphatic rings. The molecule has 25 heavy (non-hydrogen) atoms. The van der Waals surface area contributed by atoms with E-state index >= 15 is 0 Å². The van der Waals surface area contributed by atoms with Crippen molar-refractivity contribution in [1.29, 1.82) is 0 Å². The molecule has 0 N–H and O–H groups in total. The van der Waals surface area contributed by atoms with Gasteiger partial charge in [-0.1, -0.05) is 6.92 Å². The second-order valence-electron chi connectivity index (χ2n) is 7.15. The second kappa shape index (κ2) is 8.81. The number of carbonyl (C=O) groups excluding carboxylic acids is 1. The lowest BCUT2D eigenvalue weighted by atomic mass is 10.0. The Bertz CT molecular complexity index is 554. The molecule has 0 radical (unpaired) electrons. The fourth-order valence-corrected chi connectivity index (χ4v) is 3.85. The second-order valence-corrected chi connectivity index (χ2v) is 7.15. The average molecular weight is 349 g/mol. The first-order chi connectivity index (χ1) is 12.2. The van der Waals surface area contributed by atoms with E-state index in [1.54, 1.807) is 0 Å². The summed E-state index contributed by atoms with van der Waals surface area (Å²) in [6, 6.07) is 0.323. The van der Waals surface area contributed by atoms with Crippen LogP contribution in [0.15, 0.2) is 12.4 Å². The van der Waals surface area contributed by atoms with Gasteiger partial charge in [-0.25, -0.2) is 4.98 Å². The highest BCUT2D eigenvalue weighted by molar-refractivity contribution is 5.80. The number of nitrogens with zero attached hydrogens (tertiary/aromatic N) is 3. The number of aromatic nitrogens is 2. The topological polar surface area (TPSA) is 56.6 Å². The standard InChI is InChI=1S/C19H31N3O3/c1-3-18-20-9-11-22(18)16-7-6-10-21(13-16)19(23)15(2)25-14-17-8-4-5-12-24-17/h9,11,15-17H,3-8,10,12-14H2,1-2H3/t15-,16-,17+/m1/s1. The summed E-state index contributed by atoms with van der Waals surface area (Å²) in [7, 11) is 0. The molecule has 1 aromatic heterocycles. The molecule has 140 valence electrons. The van der Waals surface area contributed by atoms with E-state index in [0.29, 0.717) is 12.6 Å². The number of piperidine rings is 1. The van der Waals surface area contributed by atoms with Gasteiger partial charge >= 0.3 is 0 Å². The van der Waals surface area contributed by atoms with Crippen molar-refractivity contribution in [2.45, 2.75) is 70.6 Å². The first-order valence-electron chi connectivity index (χ1n) is 9.72. The molecular weight excluding hydrogens is 318 g/mol. The molecule has 3 atom stereocenters. The van der Waals surface area contributed by atoms with Crippen LogP contribution >= 0.6 is 0 Å². The Morgan fingerprint density at radius 2 is 2.28 bits per heavy atom. The summed E-state index contributed by atoms with van der Waals surface area (Å²) in [6.07, 6.45) is 10.0. The van der Waals surface area contributed by atoms with E-state index in [1.165, 1.54) is 6.42 Å². The number of aryl methyl sites for hydroxylation is 1. The molecule has 0 bridgehead atoms. The fraction of sp³-hybridized carbons (Fsp3) is 0.789. The van der Waals surface area contributed by atoms with Crippen molar-refractivity contribution in [3.63, 3.8) is 0 Å². The maximum atomic E-state index is 12.8. The van der Waals surface area contributed by atoms with Crippen LogP contribution in [0.1, 0.15) is 57.8 Å². The Morgan fingerprint density at radius 3 is 3.04 bits per heavy atom. The monoisotopic (exact) mass is 349 g/mol. The highest BCUT2D eigenvalue weighted by atomic mass is 16.5. The third kappa shape index (κ3) is 4.61. The Kier molecular flexibility index (Phi) is 6.48. The zero-order valence-electron chi connectivity index (χ0n) is 15.5. The van der Waals surface area contributed by atoms with E-state index < -0.39 is 6.10 Å². The average Bonchev–Trinajstić information content (AvgIpc) is 3.15. The van der Waals surface area contributed by atoms with Crippen LogP contribution in [-0.2, 0) is 20.7 Å². The third-order valence-electron chi connectivity index (χ3n) is 5.32. The molecule has 6 nitrogen and oxygen atoms in total. The number of hydrogen-bond acceptors (Lipinski definition) is 4.